The van der Waals surface area contributed by atoms with Crippen LogP contribution in [-0.2, 0) is 0 Å². The third-order valence-corrected chi connectivity index (χ3v) is 3.34. The van der Waals surface area contributed by atoms with Crippen LogP contribution in [0.4, 0.5) is 13.2 Å². The molecular formula is C12H20F3N3. The number of alkyl halides is 3. The van der Waals surface area contributed by atoms with E-state index in [0.717, 1.165) is 12.8 Å². The predicted octanol–water partition coefficient (Wildman–Crippen LogP) is 2.15. The molecule has 3 nitrogen and oxygen atoms in total. The minimum absolute atomic E-state index is 0.137. The van der Waals surface area contributed by atoms with Crippen LogP contribution in [0.1, 0.15) is 26.2 Å². The van der Waals surface area contributed by atoms with Crippen molar-refractivity contribution < 1.29 is 13.2 Å². The summed E-state index contributed by atoms with van der Waals surface area (Å²) in [4.78, 5) is 1.33. The van der Waals surface area contributed by atoms with Gasteiger partial charge in [-0.05, 0) is 38.8 Å². The van der Waals surface area contributed by atoms with E-state index in [1.807, 2.05) is 6.92 Å². The first-order valence-corrected chi connectivity index (χ1v) is 6.26. The van der Waals surface area contributed by atoms with Crippen molar-refractivity contribution in [1.29, 1.82) is 5.26 Å². The number of likely N-dealkylation sites (N-methyl/N-ethyl adjacent to an activating group) is 1. The summed E-state index contributed by atoms with van der Waals surface area (Å²) in [5, 5.41) is 12.2. The largest absolute Gasteiger partial charge is 0.401 e. The average molecular weight is 263 g/mol. The highest BCUT2D eigenvalue weighted by molar-refractivity contribution is 5.16. The molecule has 1 unspecified atom stereocenters. The van der Waals surface area contributed by atoms with Gasteiger partial charge in [0.1, 0.15) is 5.54 Å². The molecule has 0 aromatic carbocycles. The van der Waals surface area contributed by atoms with Crippen molar-refractivity contribution in [2.45, 2.75) is 37.9 Å². The third kappa shape index (κ3) is 4.14. The molecule has 0 spiro atoms. The number of rotatable bonds is 7. The average Bonchev–Trinajstić information content (AvgIpc) is 3.08. The molecule has 0 heterocycles. The van der Waals surface area contributed by atoms with Gasteiger partial charge in [-0.3, -0.25) is 4.90 Å². The number of hydrogen-bond acceptors (Lipinski definition) is 3. The lowest BCUT2D eigenvalue weighted by atomic mass is 9.94. The van der Waals surface area contributed by atoms with Crippen molar-refractivity contribution in [3.8, 4) is 6.07 Å². The van der Waals surface area contributed by atoms with Gasteiger partial charge in [-0.1, -0.05) is 6.92 Å². The summed E-state index contributed by atoms with van der Waals surface area (Å²) in [7, 11) is 1.65. The number of hydrogen-bond donors (Lipinski definition) is 1. The third-order valence-electron chi connectivity index (χ3n) is 3.34. The van der Waals surface area contributed by atoms with Crippen molar-refractivity contribution in [2.75, 3.05) is 26.7 Å². The molecule has 18 heavy (non-hydrogen) atoms. The number of nitrogens with zero attached hydrogens (tertiary/aromatic N) is 2. The summed E-state index contributed by atoms with van der Waals surface area (Å²) in [6.45, 7) is 1.39. The van der Waals surface area contributed by atoms with Crippen molar-refractivity contribution in [3.63, 3.8) is 0 Å². The summed E-state index contributed by atoms with van der Waals surface area (Å²) in [5.41, 5.74) is -0.833. The van der Waals surface area contributed by atoms with Crippen LogP contribution in [0.3, 0.4) is 0 Å². The molecule has 1 fully saturated rings. The molecule has 1 aliphatic rings. The number of nitrogens with one attached hydrogen (secondary N) is 1. The smallest absolute Gasteiger partial charge is 0.301 e. The second-order valence-corrected chi connectivity index (χ2v) is 4.93. The van der Waals surface area contributed by atoms with Gasteiger partial charge < -0.3 is 5.32 Å². The molecule has 1 atom stereocenters. The first-order valence-electron chi connectivity index (χ1n) is 6.26. The maximum absolute atomic E-state index is 12.5. The van der Waals surface area contributed by atoms with Crippen molar-refractivity contribution in [3.05, 3.63) is 0 Å². The van der Waals surface area contributed by atoms with E-state index in [-0.39, 0.29) is 12.5 Å². The van der Waals surface area contributed by atoms with E-state index in [1.165, 1.54) is 4.90 Å². The fourth-order valence-corrected chi connectivity index (χ4v) is 2.31. The normalized spacial score (nSPS) is 19.6. The Morgan fingerprint density at radius 3 is 2.28 bits per heavy atom. The summed E-state index contributed by atoms with van der Waals surface area (Å²) >= 11 is 0. The van der Waals surface area contributed by atoms with E-state index in [2.05, 4.69) is 11.4 Å². The van der Waals surface area contributed by atoms with Gasteiger partial charge in [-0.25, -0.2) is 0 Å². The molecule has 0 amide bonds. The van der Waals surface area contributed by atoms with Crippen LogP contribution in [-0.4, -0.2) is 43.3 Å². The van der Waals surface area contributed by atoms with Crippen LogP contribution in [0.2, 0.25) is 0 Å². The lowest BCUT2D eigenvalue weighted by Crippen LogP contribution is -2.54. The highest BCUT2D eigenvalue weighted by Crippen LogP contribution is 2.40. The van der Waals surface area contributed by atoms with Gasteiger partial charge in [0.05, 0.1) is 12.6 Å². The SMILES string of the molecule is CCCN(CC(F)(F)F)CC(C#N)(NC)C1CC1. The van der Waals surface area contributed by atoms with Gasteiger partial charge in [0.25, 0.3) is 0 Å². The quantitative estimate of drug-likeness (QED) is 0.765. The van der Waals surface area contributed by atoms with Crippen molar-refractivity contribution in [2.24, 2.45) is 5.92 Å². The molecule has 6 heteroatoms. The Balaban J connectivity index is 2.71. The van der Waals surface area contributed by atoms with Crippen LogP contribution in [0, 0.1) is 17.2 Å². The molecule has 0 aliphatic heterocycles. The fourth-order valence-electron chi connectivity index (χ4n) is 2.31. The Bertz CT molecular complexity index is 307. The van der Waals surface area contributed by atoms with Crippen molar-refractivity contribution >= 4 is 0 Å². The molecule has 0 saturated heterocycles. The molecule has 1 rings (SSSR count). The van der Waals surface area contributed by atoms with Crippen LogP contribution in [0.15, 0.2) is 0 Å². The molecule has 0 aromatic heterocycles. The Labute approximate surface area is 106 Å². The second-order valence-electron chi connectivity index (χ2n) is 4.93. The molecule has 0 radical (unpaired) electrons. The predicted molar refractivity (Wildman–Crippen MR) is 62.9 cm³/mol. The van der Waals surface area contributed by atoms with E-state index in [4.69, 9.17) is 0 Å². The Hall–Kier alpha value is -0.800. The van der Waals surface area contributed by atoms with Crippen LogP contribution in [0.25, 0.3) is 0 Å². The zero-order valence-electron chi connectivity index (χ0n) is 10.8. The minimum Gasteiger partial charge on any atom is -0.301 e. The number of nitriles is 1. The lowest BCUT2D eigenvalue weighted by Gasteiger charge is -2.33. The zero-order chi connectivity index (χ0) is 13.8. The van der Waals surface area contributed by atoms with Crippen LogP contribution >= 0.6 is 0 Å². The molecular weight excluding hydrogens is 243 g/mol. The van der Waals surface area contributed by atoms with E-state index in [1.54, 1.807) is 7.05 Å². The molecule has 104 valence electrons. The minimum atomic E-state index is -4.21. The van der Waals surface area contributed by atoms with E-state index >= 15 is 0 Å². The fraction of sp³-hybridized carbons (Fsp3) is 0.917. The van der Waals surface area contributed by atoms with E-state index < -0.39 is 18.3 Å². The summed E-state index contributed by atoms with van der Waals surface area (Å²) < 4.78 is 37.5. The topological polar surface area (TPSA) is 39.1 Å². The molecule has 1 aliphatic carbocycles. The van der Waals surface area contributed by atoms with Crippen LogP contribution < -0.4 is 5.32 Å². The highest BCUT2D eigenvalue weighted by atomic mass is 19.4. The second kappa shape index (κ2) is 5.89. The maximum atomic E-state index is 12.5. The zero-order valence-corrected chi connectivity index (χ0v) is 10.8. The first-order chi connectivity index (χ1) is 8.37. The molecule has 1 N–H and O–H groups in total. The van der Waals surface area contributed by atoms with Crippen molar-refractivity contribution in [1.82, 2.24) is 10.2 Å². The molecule has 0 bridgehead atoms. The Morgan fingerprint density at radius 2 is 1.94 bits per heavy atom. The van der Waals surface area contributed by atoms with Gasteiger partial charge in [-0.2, -0.15) is 18.4 Å². The molecule has 1 saturated carbocycles. The van der Waals surface area contributed by atoms with E-state index in [9.17, 15) is 18.4 Å². The van der Waals surface area contributed by atoms with Gasteiger partial charge in [0.15, 0.2) is 0 Å². The number of halogens is 3. The van der Waals surface area contributed by atoms with Crippen LogP contribution in [0.5, 0.6) is 0 Å². The van der Waals surface area contributed by atoms with Gasteiger partial charge in [-0.15, -0.1) is 0 Å². The maximum Gasteiger partial charge on any atom is 0.401 e. The monoisotopic (exact) mass is 263 g/mol. The Morgan fingerprint density at radius 1 is 1.33 bits per heavy atom. The summed E-state index contributed by atoms with van der Waals surface area (Å²) in [5.74, 6) is 0.181. The van der Waals surface area contributed by atoms with Gasteiger partial charge in [0.2, 0.25) is 0 Å². The first kappa shape index (κ1) is 15.3. The summed E-state index contributed by atoms with van der Waals surface area (Å²) in [6.07, 6.45) is -1.74. The standard InChI is InChI=1S/C12H20F3N3/c1-3-6-18(9-12(13,14)15)8-11(7-16,17-2)10-4-5-10/h10,17H,3-6,8-9H2,1-2H3. The molecule has 0 aromatic rings. The Kier molecular flexibility index (Phi) is 5.00. The summed E-state index contributed by atoms with van der Waals surface area (Å²) in [6, 6.07) is 2.18. The lowest BCUT2D eigenvalue weighted by molar-refractivity contribution is -0.147. The highest BCUT2D eigenvalue weighted by Gasteiger charge is 2.46. The van der Waals surface area contributed by atoms with Gasteiger partial charge in [0, 0.05) is 6.54 Å². The van der Waals surface area contributed by atoms with Gasteiger partial charge >= 0.3 is 6.18 Å². The van der Waals surface area contributed by atoms with E-state index in [0.29, 0.717) is 13.0 Å².